The van der Waals surface area contributed by atoms with Gasteiger partial charge in [0.1, 0.15) is 0 Å². The molecule has 2 heteroatoms. The Labute approximate surface area is 183 Å². The monoisotopic (exact) mass is 400 g/mol. The summed E-state index contributed by atoms with van der Waals surface area (Å²) in [7, 11) is 0. The quantitative estimate of drug-likeness (QED) is 0.329. The van der Waals surface area contributed by atoms with Crippen molar-refractivity contribution in [2.75, 3.05) is 0 Å². The second kappa shape index (κ2) is 12.4. The molecule has 0 heterocycles. The van der Waals surface area contributed by atoms with Gasteiger partial charge in [-0.25, -0.2) is 0 Å². The molecule has 1 aromatic rings. The Morgan fingerprint density at radius 3 is 1.87 bits per heavy atom. The number of hydrogen-bond donors (Lipinski definition) is 0. The molecule has 0 aromatic heterocycles. The van der Waals surface area contributed by atoms with Crippen molar-refractivity contribution in [3.05, 3.63) is 59.7 Å². The van der Waals surface area contributed by atoms with Crippen LogP contribution in [0.15, 0.2) is 48.6 Å². The molecular weight excluding hydrogens is 364 g/mol. The Kier molecular flexibility index (Phi) is 9.24. The standard InChI is InChI=1S/C28H36N2/c29-21-5-3-1-2-4-6-23-7-9-24(10-8-23)11-12-25-13-17-27(18-14-25)28-19-15-26(22-30)16-20-28/h1-3,5,15-16,19-20,23-25,27H,4,6-14,17-18H2. The van der Waals surface area contributed by atoms with E-state index in [1.54, 1.807) is 0 Å². The number of rotatable bonds is 8. The van der Waals surface area contributed by atoms with Gasteiger partial charge in [0.25, 0.3) is 0 Å². The Hall–Kier alpha value is -2.32. The van der Waals surface area contributed by atoms with Crippen LogP contribution in [-0.2, 0) is 0 Å². The lowest BCUT2D eigenvalue weighted by Gasteiger charge is -2.32. The molecule has 2 nitrogen and oxygen atoms in total. The van der Waals surface area contributed by atoms with Crippen LogP contribution in [0.2, 0.25) is 0 Å². The van der Waals surface area contributed by atoms with E-state index >= 15 is 0 Å². The number of nitrogens with zero attached hydrogens (tertiary/aromatic N) is 2. The minimum Gasteiger partial charge on any atom is -0.193 e. The number of nitriles is 2. The molecule has 3 rings (SSSR count). The summed E-state index contributed by atoms with van der Waals surface area (Å²) >= 11 is 0. The maximum absolute atomic E-state index is 8.97. The van der Waals surface area contributed by atoms with Crippen LogP contribution < -0.4 is 0 Å². The van der Waals surface area contributed by atoms with Crippen molar-refractivity contribution in [1.82, 2.24) is 0 Å². The summed E-state index contributed by atoms with van der Waals surface area (Å²) in [5.41, 5.74) is 2.20. The summed E-state index contributed by atoms with van der Waals surface area (Å²) in [5, 5.41) is 17.4. The van der Waals surface area contributed by atoms with Crippen LogP contribution in [0, 0.1) is 40.4 Å². The van der Waals surface area contributed by atoms with Gasteiger partial charge in [0.2, 0.25) is 0 Å². The van der Waals surface area contributed by atoms with Crippen molar-refractivity contribution in [2.45, 2.75) is 83.0 Å². The third kappa shape index (κ3) is 7.18. The van der Waals surface area contributed by atoms with Gasteiger partial charge in [0, 0.05) is 6.08 Å². The molecule has 2 aliphatic rings. The molecule has 0 unspecified atom stereocenters. The fourth-order valence-electron chi connectivity index (χ4n) is 5.50. The van der Waals surface area contributed by atoms with Gasteiger partial charge < -0.3 is 0 Å². The third-order valence-corrected chi connectivity index (χ3v) is 7.47. The van der Waals surface area contributed by atoms with E-state index in [1.165, 1.54) is 82.3 Å². The summed E-state index contributed by atoms with van der Waals surface area (Å²) in [6, 6.07) is 12.5. The smallest absolute Gasteiger partial charge is 0.0991 e. The van der Waals surface area contributed by atoms with Gasteiger partial charge in [0.05, 0.1) is 17.7 Å². The predicted octanol–water partition coefficient (Wildman–Crippen LogP) is 7.83. The number of allylic oxidation sites excluding steroid dienone is 4. The van der Waals surface area contributed by atoms with Gasteiger partial charge in [-0.1, -0.05) is 68.9 Å². The van der Waals surface area contributed by atoms with Gasteiger partial charge in [0.15, 0.2) is 0 Å². The Balaban J connectivity index is 1.28. The molecule has 0 aliphatic heterocycles. The second-order valence-corrected chi connectivity index (χ2v) is 9.41. The molecule has 158 valence electrons. The first-order chi connectivity index (χ1) is 14.8. The molecule has 0 radical (unpaired) electrons. The maximum Gasteiger partial charge on any atom is 0.0991 e. The molecule has 0 saturated heterocycles. The fraction of sp³-hybridized carbons (Fsp3) is 0.571. The van der Waals surface area contributed by atoms with Crippen molar-refractivity contribution in [1.29, 1.82) is 10.5 Å². The Morgan fingerprint density at radius 2 is 1.30 bits per heavy atom. The molecular formula is C28H36N2. The molecule has 2 aliphatic carbocycles. The molecule has 30 heavy (non-hydrogen) atoms. The van der Waals surface area contributed by atoms with E-state index in [4.69, 9.17) is 10.5 Å². The lowest BCUT2D eigenvalue weighted by molar-refractivity contribution is 0.225. The molecule has 2 saturated carbocycles. The van der Waals surface area contributed by atoms with Crippen LogP contribution in [0.25, 0.3) is 0 Å². The predicted molar refractivity (Wildman–Crippen MR) is 124 cm³/mol. The molecule has 0 atom stereocenters. The van der Waals surface area contributed by atoms with Crippen molar-refractivity contribution >= 4 is 0 Å². The summed E-state index contributed by atoms with van der Waals surface area (Å²) < 4.78 is 0. The Bertz CT molecular complexity index is 758. The number of hydrogen-bond acceptors (Lipinski definition) is 2. The number of benzene rings is 1. The lowest BCUT2D eigenvalue weighted by atomic mass is 9.74. The van der Waals surface area contributed by atoms with E-state index in [9.17, 15) is 0 Å². The molecule has 0 bridgehead atoms. The van der Waals surface area contributed by atoms with Crippen molar-refractivity contribution < 1.29 is 0 Å². The maximum atomic E-state index is 8.97. The first-order valence-corrected chi connectivity index (χ1v) is 12.0. The van der Waals surface area contributed by atoms with E-state index < -0.39 is 0 Å². The van der Waals surface area contributed by atoms with Crippen molar-refractivity contribution in [3.8, 4) is 12.1 Å². The topological polar surface area (TPSA) is 47.6 Å². The highest BCUT2D eigenvalue weighted by Gasteiger charge is 2.25. The SMILES string of the molecule is N#CC=CC=CCCC1CCC(CCC2CCC(c3ccc(C#N)cc3)CC2)CC1. The van der Waals surface area contributed by atoms with E-state index in [0.29, 0.717) is 5.92 Å². The lowest BCUT2D eigenvalue weighted by Crippen LogP contribution is -2.17. The molecule has 1 aromatic carbocycles. The largest absolute Gasteiger partial charge is 0.193 e. The van der Waals surface area contributed by atoms with Crippen LogP contribution >= 0.6 is 0 Å². The van der Waals surface area contributed by atoms with Gasteiger partial charge >= 0.3 is 0 Å². The Morgan fingerprint density at radius 1 is 0.733 bits per heavy atom. The van der Waals surface area contributed by atoms with Crippen LogP contribution in [0.3, 0.4) is 0 Å². The van der Waals surface area contributed by atoms with Crippen LogP contribution in [0.4, 0.5) is 0 Å². The molecule has 0 spiro atoms. The van der Waals surface area contributed by atoms with Crippen molar-refractivity contribution in [2.24, 2.45) is 17.8 Å². The van der Waals surface area contributed by atoms with E-state index in [-0.39, 0.29) is 0 Å². The highest BCUT2D eigenvalue weighted by molar-refractivity contribution is 5.33. The van der Waals surface area contributed by atoms with Crippen molar-refractivity contribution in [3.63, 3.8) is 0 Å². The average Bonchev–Trinajstić information content (AvgIpc) is 2.81. The third-order valence-electron chi connectivity index (χ3n) is 7.47. The summed E-state index contributed by atoms with van der Waals surface area (Å²) in [6.45, 7) is 0. The normalized spacial score (nSPS) is 27.1. The average molecular weight is 401 g/mol. The highest BCUT2D eigenvalue weighted by atomic mass is 14.3. The van der Waals surface area contributed by atoms with Gasteiger partial charge in [-0.2, -0.15) is 10.5 Å². The minimum atomic E-state index is 0.703. The first kappa shape index (κ1) is 22.4. The molecule has 2 fully saturated rings. The highest BCUT2D eigenvalue weighted by Crippen LogP contribution is 2.40. The summed E-state index contributed by atoms with van der Waals surface area (Å²) in [4.78, 5) is 0. The van der Waals surface area contributed by atoms with Gasteiger partial charge in [-0.05, 0) is 79.9 Å². The van der Waals surface area contributed by atoms with E-state index in [2.05, 4.69) is 24.3 Å². The van der Waals surface area contributed by atoms with Crippen LogP contribution in [0.1, 0.15) is 94.1 Å². The second-order valence-electron chi connectivity index (χ2n) is 9.41. The molecule has 0 N–H and O–H groups in total. The van der Waals surface area contributed by atoms with E-state index in [0.717, 1.165) is 29.7 Å². The summed E-state index contributed by atoms with van der Waals surface area (Å²) in [5.74, 6) is 3.51. The zero-order valence-electron chi connectivity index (χ0n) is 18.3. The summed E-state index contributed by atoms with van der Waals surface area (Å²) in [6.07, 6.45) is 24.0. The zero-order chi connectivity index (χ0) is 21.0. The van der Waals surface area contributed by atoms with Gasteiger partial charge in [-0.15, -0.1) is 0 Å². The first-order valence-electron chi connectivity index (χ1n) is 12.0. The van der Waals surface area contributed by atoms with Gasteiger partial charge in [-0.3, -0.25) is 0 Å². The van der Waals surface area contributed by atoms with Crippen LogP contribution in [-0.4, -0.2) is 0 Å². The fourth-order valence-corrected chi connectivity index (χ4v) is 5.50. The van der Waals surface area contributed by atoms with E-state index in [1.807, 2.05) is 30.4 Å². The minimum absolute atomic E-state index is 0.703. The van der Waals surface area contributed by atoms with Crippen LogP contribution in [0.5, 0.6) is 0 Å². The zero-order valence-corrected chi connectivity index (χ0v) is 18.3. The molecule has 0 amide bonds.